The summed E-state index contributed by atoms with van der Waals surface area (Å²) in [6.45, 7) is 4.36. The lowest BCUT2D eigenvalue weighted by Crippen LogP contribution is -2.01. The zero-order valence-corrected chi connectivity index (χ0v) is 10.5. The monoisotopic (exact) mass is 247 g/mol. The zero-order valence-electron chi connectivity index (χ0n) is 9.73. The van der Waals surface area contributed by atoms with E-state index in [9.17, 15) is 4.79 Å². The lowest BCUT2D eigenvalue weighted by Gasteiger charge is -2.05. The minimum atomic E-state index is 0.0788. The van der Waals surface area contributed by atoms with Crippen molar-refractivity contribution in [1.29, 1.82) is 0 Å². The van der Waals surface area contributed by atoms with Crippen molar-refractivity contribution in [2.75, 3.05) is 11.9 Å². The Morgan fingerprint density at radius 2 is 2.12 bits per heavy atom. The maximum atomic E-state index is 11.3. The average molecular weight is 247 g/mol. The number of nitrogens with zero attached hydrogens (tertiary/aromatic N) is 2. The molecule has 0 aromatic carbocycles. The van der Waals surface area contributed by atoms with Crippen LogP contribution in [0.4, 0.5) is 5.82 Å². The highest BCUT2D eigenvalue weighted by molar-refractivity contribution is 7.17. The molecule has 4 nitrogen and oxygen atoms in total. The van der Waals surface area contributed by atoms with Crippen LogP contribution in [0.3, 0.4) is 0 Å². The third-order valence-corrected chi connectivity index (χ3v) is 3.42. The standard InChI is InChI=1S/C12H13N3OS/c1-3-13-12-11(14-6-7-15-12)10-5-4-9(17-10)8(2)16/h4-7H,3H2,1-2H3,(H,13,15). The van der Waals surface area contributed by atoms with Gasteiger partial charge in [-0.05, 0) is 26.0 Å². The Labute approximate surface area is 104 Å². The van der Waals surface area contributed by atoms with Gasteiger partial charge in [0.1, 0.15) is 5.69 Å². The quantitative estimate of drug-likeness (QED) is 0.844. The minimum absolute atomic E-state index is 0.0788. The first-order chi connectivity index (χ1) is 8.22. The second kappa shape index (κ2) is 5.05. The third-order valence-electron chi connectivity index (χ3n) is 2.23. The normalized spacial score (nSPS) is 10.2. The van der Waals surface area contributed by atoms with E-state index in [-0.39, 0.29) is 5.78 Å². The molecule has 17 heavy (non-hydrogen) atoms. The first kappa shape index (κ1) is 11.7. The number of aromatic nitrogens is 2. The van der Waals surface area contributed by atoms with Crippen LogP contribution in [-0.2, 0) is 0 Å². The molecule has 0 aliphatic heterocycles. The fraction of sp³-hybridized carbons (Fsp3) is 0.250. The first-order valence-electron chi connectivity index (χ1n) is 5.38. The Balaban J connectivity index is 2.41. The summed E-state index contributed by atoms with van der Waals surface area (Å²) in [5.41, 5.74) is 0.798. The predicted octanol–water partition coefficient (Wildman–Crippen LogP) is 2.84. The SMILES string of the molecule is CCNc1nccnc1-c1ccc(C(C)=O)s1. The fourth-order valence-corrected chi connectivity index (χ4v) is 2.37. The van der Waals surface area contributed by atoms with Crippen LogP contribution in [0.25, 0.3) is 10.6 Å². The number of hydrogen-bond acceptors (Lipinski definition) is 5. The molecule has 0 saturated heterocycles. The smallest absolute Gasteiger partial charge is 0.169 e. The van der Waals surface area contributed by atoms with Gasteiger partial charge < -0.3 is 5.32 Å². The first-order valence-corrected chi connectivity index (χ1v) is 6.20. The molecule has 0 saturated carbocycles. The number of nitrogens with one attached hydrogen (secondary N) is 1. The highest BCUT2D eigenvalue weighted by Gasteiger charge is 2.11. The lowest BCUT2D eigenvalue weighted by molar-refractivity contribution is 0.102. The number of Topliss-reactive ketones (excluding diaryl/α,β-unsaturated/α-hetero) is 1. The van der Waals surface area contributed by atoms with Crippen molar-refractivity contribution in [3.8, 4) is 10.6 Å². The second-order valence-electron chi connectivity index (χ2n) is 3.50. The molecule has 0 radical (unpaired) electrons. The van der Waals surface area contributed by atoms with Gasteiger partial charge in [-0.1, -0.05) is 0 Å². The van der Waals surface area contributed by atoms with E-state index in [0.717, 1.165) is 27.8 Å². The van der Waals surface area contributed by atoms with Crippen LogP contribution in [0.5, 0.6) is 0 Å². The highest BCUT2D eigenvalue weighted by atomic mass is 32.1. The maximum absolute atomic E-state index is 11.3. The Morgan fingerprint density at radius 1 is 1.35 bits per heavy atom. The molecule has 0 atom stereocenters. The van der Waals surface area contributed by atoms with Crippen molar-refractivity contribution < 1.29 is 4.79 Å². The Hall–Kier alpha value is -1.75. The molecule has 0 amide bonds. The number of ketones is 1. The van der Waals surface area contributed by atoms with E-state index >= 15 is 0 Å². The summed E-state index contributed by atoms with van der Waals surface area (Å²) >= 11 is 1.44. The number of carbonyl (C=O) groups is 1. The summed E-state index contributed by atoms with van der Waals surface area (Å²) in [6, 6.07) is 3.74. The van der Waals surface area contributed by atoms with Gasteiger partial charge in [-0.25, -0.2) is 9.97 Å². The van der Waals surface area contributed by atoms with Crippen molar-refractivity contribution in [2.24, 2.45) is 0 Å². The van der Waals surface area contributed by atoms with Gasteiger partial charge in [0.15, 0.2) is 11.6 Å². The van der Waals surface area contributed by atoms with Gasteiger partial charge in [-0.2, -0.15) is 0 Å². The summed E-state index contributed by atoms with van der Waals surface area (Å²) in [7, 11) is 0. The van der Waals surface area contributed by atoms with Crippen molar-refractivity contribution in [1.82, 2.24) is 9.97 Å². The van der Waals surface area contributed by atoms with E-state index in [1.54, 1.807) is 19.3 Å². The molecule has 1 N–H and O–H groups in total. The Kier molecular flexibility index (Phi) is 3.49. The molecule has 2 aromatic rings. The van der Waals surface area contributed by atoms with Crippen LogP contribution >= 0.6 is 11.3 Å². The molecule has 0 aliphatic carbocycles. The molecule has 2 rings (SSSR count). The largest absolute Gasteiger partial charge is 0.369 e. The predicted molar refractivity (Wildman–Crippen MR) is 69.5 cm³/mol. The minimum Gasteiger partial charge on any atom is -0.369 e. The molecule has 2 heterocycles. The van der Waals surface area contributed by atoms with Crippen molar-refractivity contribution >= 4 is 22.9 Å². The number of carbonyl (C=O) groups excluding carboxylic acids is 1. The van der Waals surface area contributed by atoms with Gasteiger partial charge in [0.25, 0.3) is 0 Å². The van der Waals surface area contributed by atoms with Crippen LogP contribution in [0.1, 0.15) is 23.5 Å². The van der Waals surface area contributed by atoms with E-state index in [1.165, 1.54) is 11.3 Å². The molecule has 88 valence electrons. The number of anilines is 1. The second-order valence-corrected chi connectivity index (χ2v) is 4.59. The van der Waals surface area contributed by atoms with Crippen molar-refractivity contribution in [2.45, 2.75) is 13.8 Å². The molecule has 0 bridgehead atoms. The molecule has 0 fully saturated rings. The molecular weight excluding hydrogens is 234 g/mol. The number of hydrogen-bond donors (Lipinski definition) is 1. The van der Waals surface area contributed by atoms with Crippen LogP contribution in [0.2, 0.25) is 0 Å². The number of rotatable bonds is 4. The van der Waals surface area contributed by atoms with E-state index in [2.05, 4.69) is 15.3 Å². The topological polar surface area (TPSA) is 54.9 Å². The fourth-order valence-electron chi connectivity index (χ4n) is 1.47. The van der Waals surface area contributed by atoms with E-state index in [1.807, 2.05) is 19.1 Å². The van der Waals surface area contributed by atoms with Gasteiger partial charge in [-0.15, -0.1) is 11.3 Å². The van der Waals surface area contributed by atoms with Gasteiger partial charge in [0.2, 0.25) is 0 Å². The van der Waals surface area contributed by atoms with E-state index < -0.39 is 0 Å². The third kappa shape index (κ3) is 2.50. The van der Waals surface area contributed by atoms with Gasteiger partial charge in [-0.3, -0.25) is 4.79 Å². The summed E-state index contributed by atoms with van der Waals surface area (Å²) in [5.74, 6) is 0.835. The van der Waals surface area contributed by atoms with Crippen LogP contribution in [-0.4, -0.2) is 22.3 Å². The molecule has 0 spiro atoms. The molecular formula is C12H13N3OS. The molecule has 5 heteroatoms. The summed E-state index contributed by atoms with van der Waals surface area (Å²) < 4.78 is 0. The Bertz CT molecular complexity index is 536. The van der Waals surface area contributed by atoms with Gasteiger partial charge in [0.05, 0.1) is 9.75 Å². The van der Waals surface area contributed by atoms with E-state index in [4.69, 9.17) is 0 Å². The molecule has 0 unspecified atom stereocenters. The summed E-state index contributed by atoms with van der Waals surface area (Å²) in [4.78, 5) is 21.5. The van der Waals surface area contributed by atoms with Crippen molar-refractivity contribution in [3.63, 3.8) is 0 Å². The zero-order chi connectivity index (χ0) is 12.3. The van der Waals surface area contributed by atoms with Crippen LogP contribution < -0.4 is 5.32 Å². The molecule has 2 aromatic heterocycles. The highest BCUT2D eigenvalue weighted by Crippen LogP contribution is 2.30. The number of thiophene rings is 1. The van der Waals surface area contributed by atoms with Crippen molar-refractivity contribution in [3.05, 3.63) is 29.4 Å². The summed E-state index contributed by atoms with van der Waals surface area (Å²) in [5, 5.41) is 3.16. The molecule has 0 aliphatic rings. The average Bonchev–Trinajstić information content (AvgIpc) is 2.79. The Morgan fingerprint density at radius 3 is 2.76 bits per heavy atom. The van der Waals surface area contributed by atoms with Gasteiger partial charge in [0, 0.05) is 18.9 Å². The van der Waals surface area contributed by atoms with E-state index in [0.29, 0.717) is 0 Å². The van der Waals surface area contributed by atoms with Crippen LogP contribution in [0.15, 0.2) is 24.5 Å². The lowest BCUT2D eigenvalue weighted by atomic mass is 10.3. The van der Waals surface area contributed by atoms with Gasteiger partial charge >= 0.3 is 0 Å². The maximum Gasteiger partial charge on any atom is 0.169 e. The summed E-state index contributed by atoms with van der Waals surface area (Å²) in [6.07, 6.45) is 3.31. The van der Waals surface area contributed by atoms with Crippen LogP contribution in [0, 0.1) is 0 Å².